The summed E-state index contributed by atoms with van der Waals surface area (Å²) in [6, 6.07) is 8.85. The zero-order valence-electron chi connectivity index (χ0n) is 8.90. The van der Waals surface area contributed by atoms with Crippen molar-refractivity contribution in [2.75, 3.05) is 13.3 Å². The van der Waals surface area contributed by atoms with Crippen LogP contribution in [-0.2, 0) is 0 Å². The van der Waals surface area contributed by atoms with Crippen LogP contribution < -0.4 is 5.30 Å². The van der Waals surface area contributed by atoms with Gasteiger partial charge in [-0.3, -0.25) is 0 Å². The van der Waals surface area contributed by atoms with Gasteiger partial charge in [0.05, 0.1) is 18.6 Å². The summed E-state index contributed by atoms with van der Waals surface area (Å²) in [5.74, 6) is 0. The van der Waals surface area contributed by atoms with E-state index in [1.807, 2.05) is 0 Å². The van der Waals surface area contributed by atoms with Crippen molar-refractivity contribution in [1.29, 1.82) is 0 Å². The third-order valence-corrected chi connectivity index (χ3v) is 3.12. The maximum atomic E-state index is 9.75. The van der Waals surface area contributed by atoms with E-state index in [0.29, 0.717) is 0 Å². The first kappa shape index (κ1) is 14.4. The summed E-state index contributed by atoms with van der Waals surface area (Å²) in [5, 5.41) is 1.52. The predicted octanol–water partition coefficient (Wildman–Crippen LogP) is 3.39. The molecule has 0 unspecified atom stereocenters. The summed E-state index contributed by atoms with van der Waals surface area (Å²) in [7, 11) is -6.23. The number of rotatable bonds is 1. The molecule has 0 atom stereocenters. The van der Waals surface area contributed by atoms with Crippen LogP contribution in [0, 0.1) is 6.92 Å². The van der Waals surface area contributed by atoms with Gasteiger partial charge in [0.15, 0.2) is 0 Å². The second-order valence-corrected chi connectivity index (χ2v) is 5.94. The monoisotopic (exact) mass is 240 g/mol. The highest BCUT2D eigenvalue weighted by molar-refractivity contribution is 7.64. The Kier molecular flexibility index (Phi) is 5.88. The fraction of sp³-hybridized carbons (Fsp3) is 0.333. The molecular formula is C9H14BF4P. The minimum absolute atomic E-state index is 0.229. The van der Waals surface area contributed by atoms with Crippen LogP contribution in [0.2, 0.25) is 0 Å². The Labute approximate surface area is 88.5 Å². The maximum Gasteiger partial charge on any atom is 0.673 e. The smallest absolute Gasteiger partial charge is 0.418 e. The third-order valence-electron chi connectivity index (χ3n) is 1.63. The Balaban J connectivity index is 0.000000336. The zero-order chi connectivity index (χ0) is 12.1. The molecule has 15 heavy (non-hydrogen) atoms. The predicted molar refractivity (Wildman–Crippen MR) is 61.2 cm³/mol. The van der Waals surface area contributed by atoms with Gasteiger partial charge in [-0.15, -0.1) is 0 Å². The molecule has 0 aliphatic heterocycles. The van der Waals surface area contributed by atoms with Crippen molar-refractivity contribution < 1.29 is 17.3 Å². The van der Waals surface area contributed by atoms with Gasteiger partial charge in [0.1, 0.15) is 0 Å². The Morgan fingerprint density at radius 2 is 1.27 bits per heavy atom. The van der Waals surface area contributed by atoms with Crippen LogP contribution in [0.15, 0.2) is 24.3 Å². The molecule has 0 fully saturated rings. The highest BCUT2D eigenvalue weighted by Crippen LogP contribution is 2.22. The summed E-state index contributed by atoms with van der Waals surface area (Å²) in [6.45, 7) is 6.76. The SMILES string of the molecule is Cc1ccc([PH+](C)C)cc1.F[B-](F)(F)F. The molecule has 0 heterocycles. The number of benzene rings is 1. The number of halogens is 4. The lowest BCUT2D eigenvalue weighted by molar-refractivity contribution is 0.368. The van der Waals surface area contributed by atoms with Gasteiger partial charge < -0.3 is 17.3 Å². The Bertz CT molecular complexity index is 275. The van der Waals surface area contributed by atoms with E-state index >= 15 is 0 Å². The lowest BCUT2D eigenvalue weighted by Gasteiger charge is -1.97. The van der Waals surface area contributed by atoms with Crippen LogP contribution in [0.5, 0.6) is 0 Å². The quantitative estimate of drug-likeness (QED) is 0.401. The molecule has 0 aromatic heterocycles. The molecule has 6 heteroatoms. The van der Waals surface area contributed by atoms with Crippen LogP contribution in [0.25, 0.3) is 0 Å². The molecule has 1 rings (SSSR count). The fourth-order valence-corrected chi connectivity index (χ4v) is 1.72. The Morgan fingerprint density at radius 3 is 1.53 bits per heavy atom. The van der Waals surface area contributed by atoms with Gasteiger partial charge in [-0.25, -0.2) is 0 Å². The van der Waals surface area contributed by atoms with Gasteiger partial charge in [0.2, 0.25) is 0 Å². The largest absolute Gasteiger partial charge is 0.673 e. The zero-order valence-corrected chi connectivity index (χ0v) is 9.90. The number of hydrogen-bond acceptors (Lipinski definition) is 0. The van der Waals surface area contributed by atoms with Crippen molar-refractivity contribution >= 4 is 20.5 Å². The van der Waals surface area contributed by atoms with Crippen molar-refractivity contribution in [1.82, 2.24) is 0 Å². The van der Waals surface area contributed by atoms with Gasteiger partial charge in [-0.2, -0.15) is 0 Å². The summed E-state index contributed by atoms with van der Waals surface area (Å²) in [6.07, 6.45) is 0. The molecule has 1 aromatic carbocycles. The molecule has 0 bridgehead atoms. The molecule has 0 radical (unpaired) electrons. The third kappa shape index (κ3) is 9.73. The highest BCUT2D eigenvalue weighted by atomic mass is 31.1. The van der Waals surface area contributed by atoms with E-state index in [0.717, 1.165) is 0 Å². The molecular weight excluding hydrogens is 226 g/mol. The summed E-state index contributed by atoms with van der Waals surface area (Å²) in [4.78, 5) is 0. The maximum absolute atomic E-state index is 9.75. The molecule has 0 amide bonds. The fourth-order valence-electron chi connectivity index (χ4n) is 0.887. The first-order valence-electron chi connectivity index (χ1n) is 4.44. The Morgan fingerprint density at radius 1 is 0.933 bits per heavy atom. The van der Waals surface area contributed by atoms with E-state index in [4.69, 9.17) is 0 Å². The molecule has 0 nitrogen and oxygen atoms in total. The Hall–Kier alpha value is -0.565. The molecule has 0 spiro atoms. The van der Waals surface area contributed by atoms with Crippen LogP contribution >= 0.6 is 7.92 Å². The van der Waals surface area contributed by atoms with E-state index in [1.165, 1.54) is 10.9 Å². The van der Waals surface area contributed by atoms with E-state index in [2.05, 4.69) is 44.5 Å². The molecule has 0 saturated carbocycles. The van der Waals surface area contributed by atoms with Crippen molar-refractivity contribution in [3.8, 4) is 0 Å². The first-order chi connectivity index (χ1) is 6.70. The van der Waals surface area contributed by atoms with Crippen molar-refractivity contribution in [3.05, 3.63) is 29.8 Å². The lowest BCUT2D eigenvalue weighted by atomic mass is 10.2. The minimum atomic E-state index is -6.00. The van der Waals surface area contributed by atoms with Crippen molar-refractivity contribution in [2.45, 2.75) is 6.92 Å². The molecule has 0 N–H and O–H groups in total. The van der Waals surface area contributed by atoms with Crippen molar-refractivity contribution in [3.63, 3.8) is 0 Å². The van der Waals surface area contributed by atoms with E-state index in [-0.39, 0.29) is 7.92 Å². The molecule has 1 aromatic rings. The lowest BCUT2D eigenvalue weighted by Crippen LogP contribution is -2.02. The molecule has 0 aliphatic rings. The van der Waals surface area contributed by atoms with E-state index in [9.17, 15) is 17.3 Å². The van der Waals surface area contributed by atoms with Gasteiger partial charge in [-0.1, -0.05) is 17.7 Å². The van der Waals surface area contributed by atoms with Crippen LogP contribution in [0.1, 0.15) is 5.56 Å². The summed E-state index contributed by atoms with van der Waals surface area (Å²) < 4.78 is 39.0. The van der Waals surface area contributed by atoms with E-state index < -0.39 is 7.25 Å². The van der Waals surface area contributed by atoms with E-state index in [1.54, 1.807) is 0 Å². The molecule has 86 valence electrons. The van der Waals surface area contributed by atoms with Gasteiger partial charge >= 0.3 is 7.25 Å². The summed E-state index contributed by atoms with van der Waals surface area (Å²) in [5.41, 5.74) is 1.35. The van der Waals surface area contributed by atoms with Gasteiger partial charge in [-0.05, 0) is 19.1 Å². The van der Waals surface area contributed by atoms with Crippen LogP contribution in [0.4, 0.5) is 17.3 Å². The molecule has 0 aliphatic carbocycles. The second kappa shape index (κ2) is 6.11. The van der Waals surface area contributed by atoms with Gasteiger partial charge in [0, 0.05) is 7.92 Å². The normalized spacial score (nSPS) is 10.9. The van der Waals surface area contributed by atoms with Crippen molar-refractivity contribution in [2.24, 2.45) is 0 Å². The van der Waals surface area contributed by atoms with Gasteiger partial charge in [0.25, 0.3) is 0 Å². The average Bonchev–Trinajstić information content (AvgIpc) is 2.01. The highest BCUT2D eigenvalue weighted by Gasteiger charge is 2.20. The standard InChI is InChI=1S/C9H13P.BF4/c1-8-4-6-9(7-5-8)10(2)3;2-1(3,4)5/h4-7H,1-3H3;/q;-1/p+1. The second-order valence-electron chi connectivity index (χ2n) is 3.36. The summed E-state index contributed by atoms with van der Waals surface area (Å²) >= 11 is 0. The number of hydrogen-bond donors (Lipinski definition) is 0. The minimum Gasteiger partial charge on any atom is -0.418 e. The van der Waals surface area contributed by atoms with Crippen LogP contribution in [-0.4, -0.2) is 20.6 Å². The molecule has 0 saturated heterocycles. The first-order valence-corrected chi connectivity index (χ1v) is 6.94. The average molecular weight is 240 g/mol. The number of aryl methyl sites for hydroxylation is 1. The topological polar surface area (TPSA) is 0 Å². The van der Waals surface area contributed by atoms with Crippen LogP contribution in [0.3, 0.4) is 0 Å².